The molecule has 1 aromatic heterocycles. The Morgan fingerprint density at radius 2 is 2.35 bits per heavy atom. The Morgan fingerprint density at radius 3 is 2.94 bits per heavy atom. The zero-order valence-electron chi connectivity index (χ0n) is 9.39. The molecule has 2 rings (SSSR count). The van der Waals surface area contributed by atoms with Crippen LogP contribution in [0.2, 0.25) is 0 Å². The highest BCUT2D eigenvalue weighted by atomic mass is 79.9. The van der Waals surface area contributed by atoms with Gasteiger partial charge in [-0.1, -0.05) is 39.8 Å². The van der Waals surface area contributed by atoms with Crippen LogP contribution in [0.15, 0.2) is 44.6 Å². The minimum Gasteiger partial charge on any atom is -0.440 e. The molecule has 2 N–H and O–H groups in total. The molecule has 0 fully saturated rings. The summed E-state index contributed by atoms with van der Waals surface area (Å²) in [6.07, 6.45) is 1.65. The lowest BCUT2D eigenvalue weighted by atomic mass is 10.1. The predicted octanol–water partition coefficient (Wildman–Crippen LogP) is 3.54. The lowest BCUT2D eigenvalue weighted by molar-refractivity contribution is 0.453. The third-order valence-electron chi connectivity index (χ3n) is 2.28. The van der Waals surface area contributed by atoms with E-state index in [1.165, 1.54) is 5.56 Å². The predicted molar refractivity (Wildman–Crippen MR) is 73.0 cm³/mol. The van der Waals surface area contributed by atoms with Crippen LogP contribution in [0.5, 0.6) is 0 Å². The normalized spacial score (nSPS) is 12.6. The van der Waals surface area contributed by atoms with Gasteiger partial charge in [-0.2, -0.15) is 0 Å². The fraction of sp³-hybridized carbons (Fsp3) is 0.250. The van der Waals surface area contributed by atoms with Crippen LogP contribution >= 0.6 is 27.7 Å². The second-order valence-corrected chi connectivity index (χ2v) is 5.72. The highest BCUT2D eigenvalue weighted by molar-refractivity contribution is 9.10. The third kappa shape index (κ3) is 3.34. The van der Waals surface area contributed by atoms with Crippen molar-refractivity contribution in [2.45, 2.75) is 17.4 Å². The summed E-state index contributed by atoms with van der Waals surface area (Å²) in [6, 6.07) is 8.13. The maximum Gasteiger partial charge on any atom is 0.256 e. The molecule has 1 aromatic carbocycles. The Morgan fingerprint density at radius 1 is 1.53 bits per heavy atom. The van der Waals surface area contributed by atoms with Crippen molar-refractivity contribution in [1.29, 1.82) is 0 Å². The fourth-order valence-electron chi connectivity index (χ4n) is 1.47. The number of hydrogen-bond acceptors (Lipinski definition) is 4. The van der Waals surface area contributed by atoms with E-state index in [0.29, 0.717) is 11.8 Å². The van der Waals surface area contributed by atoms with Gasteiger partial charge in [0.1, 0.15) is 6.26 Å². The zero-order chi connectivity index (χ0) is 12.3. The van der Waals surface area contributed by atoms with Gasteiger partial charge in [0.25, 0.3) is 5.22 Å². The largest absolute Gasteiger partial charge is 0.440 e. The topological polar surface area (TPSA) is 52.0 Å². The number of nitrogens with two attached hydrogens (primary N) is 1. The molecule has 0 bridgehead atoms. The number of rotatable bonds is 4. The van der Waals surface area contributed by atoms with Crippen molar-refractivity contribution in [1.82, 2.24) is 4.98 Å². The smallest absolute Gasteiger partial charge is 0.256 e. The number of aryl methyl sites for hydroxylation is 1. The Balaban J connectivity index is 2.16. The highest BCUT2D eigenvalue weighted by Crippen LogP contribution is 2.34. The highest BCUT2D eigenvalue weighted by Gasteiger charge is 2.14. The summed E-state index contributed by atoms with van der Waals surface area (Å²) < 4.78 is 6.39. The minimum atomic E-state index is 0.158. The zero-order valence-corrected chi connectivity index (χ0v) is 11.8. The number of hydrogen-bond donors (Lipinski definition) is 1. The molecule has 0 spiro atoms. The van der Waals surface area contributed by atoms with Crippen LogP contribution in [0.1, 0.15) is 16.5 Å². The van der Waals surface area contributed by atoms with Crippen LogP contribution in [0, 0.1) is 6.92 Å². The molecule has 1 unspecified atom stereocenters. The summed E-state index contributed by atoms with van der Waals surface area (Å²) in [5.74, 6) is 0. The van der Waals surface area contributed by atoms with E-state index in [4.69, 9.17) is 10.2 Å². The first-order chi connectivity index (χ1) is 8.19. The third-order valence-corrected chi connectivity index (χ3v) is 3.91. The van der Waals surface area contributed by atoms with Crippen molar-refractivity contribution in [3.05, 3.63) is 46.3 Å². The van der Waals surface area contributed by atoms with E-state index in [1.54, 1.807) is 18.0 Å². The van der Waals surface area contributed by atoms with Gasteiger partial charge in [-0.25, -0.2) is 4.98 Å². The molecule has 0 saturated heterocycles. The molecule has 5 heteroatoms. The van der Waals surface area contributed by atoms with Gasteiger partial charge >= 0.3 is 0 Å². The molecule has 1 heterocycles. The van der Waals surface area contributed by atoms with Crippen LogP contribution in [0.25, 0.3) is 0 Å². The maximum atomic E-state index is 5.80. The van der Waals surface area contributed by atoms with Gasteiger partial charge in [0.2, 0.25) is 0 Å². The summed E-state index contributed by atoms with van der Waals surface area (Å²) in [6.45, 7) is 2.45. The number of benzene rings is 1. The molecule has 0 aliphatic rings. The lowest BCUT2D eigenvalue weighted by Gasteiger charge is -2.12. The Kier molecular flexibility index (Phi) is 4.25. The first-order valence-electron chi connectivity index (χ1n) is 5.23. The van der Waals surface area contributed by atoms with Crippen molar-refractivity contribution in [3.8, 4) is 0 Å². The van der Waals surface area contributed by atoms with Crippen LogP contribution in [-0.2, 0) is 0 Å². The number of thioether (sulfide) groups is 1. The summed E-state index contributed by atoms with van der Waals surface area (Å²) in [5.41, 5.74) is 7.86. The van der Waals surface area contributed by atoms with Crippen molar-refractivity contribution < 1.29 is 4.42 Å². The van der Waals surface area contributed by atoms with E-state index in [2.05, 4.69) is 33.0 Å². The SMILES string of the molecule is Cc1coc(SC(CN)c2cccc(Br)c2)n1. The van der Waals surface area contributed by atoms with Crippen LogP contribution in [0.4, 0.5) is 0 Å². The Bertz CT molecular complexity index is 501. The summed E-state index contributed by atoms with van der Waals surface area (Å²) >= 11 is 5.01. The average Bonchev–Trinajstić information content (AvgIpc) is 2.72. The maximum absolute atomic E-state index is 5.80. The first-order valence-corrected chi connectivity index (χ1v) is 6.90. The second kappa shape index (κ2) is 5.71. The van der Waals surface area contributed by atoms with E-state index >= 15 is 0 Å². The Hall–Kier alpha value is -0.780. The van der Waals surface area contributed by atoms with Crippen LogP contribution in [-0.4, -0.2) is 11.5 Å². The van der Waals surface area contributed by atoms with Gasteiger partial charge in [0.05, 0.1) is 10.9 Å². The molecule has 1 atom stereocenters. The molecule has 3 nitrogen and oxygen atoms in total. The fourth-order valence-corrected chi connectivity index (χ4v) is 2.81. The number of nitrogens with zero attached hydrogens (tertiary/aromatic N) is 1. The van der Waals surface area contributed by atoms with E-state index in [9.17, 15) is 0 Å². The van der Waals surface area contributed by atoms with Crippen molar-refractivity contribution in [2.24, 2.45) is 5.73 Å². The molecule has 17 heavy (non-hydrogen) atoms. The van der Waals surface area contributed by atoms with Gasteiger partial charge in [-0.05, 0) is 24.6 Å². The second-order valence-electron chi connectivity index (χ2n) is 3.65. The molecule has 0 saturated carbocycles. The number of aromatic nitrogens is 1. The molecular weight excluding hydrogens is 300 g/mol. The lowest BCUT2D eigenvalue weighted by Crippen LogP contribution is -2.09. The van der Waals surface area contributed by atoms with Gasteiger partial charge in [-0.3, -0.25) is 0 Å². The van der Waals surface area contributed by atoms with Crippen molar-refractivity contribution in [2.75, 3.05) is 6.54 Å². The number of oxazole rings is 1. The standard InChI is InChI=1S/C12H13BrN2OS/c1-8-7-16-12(15-8)17-11(6-14)9-3-2-4-10(13)5-9/h2-5,7,11H,6,14H2,1H3. The monoisotopic (exact) mass is 312 g/mol. The molecule has 90 valence electrons. The van der Waals surface area contributed by atoms with Gasteiger partial charge < -0.3 is 10.2 Å². The minimum absolute atomic E-state index is 0.158. The molecule has 2 aromatic rings. The molecular formula is C12H13BrN2OS. The van der Waals surface area contributed by atoms with E-state index in [-0.39, 0.29) is 5.25 Å². The van der Waals surface area contributed by atoms with Gasteiger partial charge in [-0.15, -0.1) is 0 Å². The molecule has 0 radical (unpaired) electrons. The molecule has 0 aliphatic heterocycles. The van der Waals surface area contributed by atoms with Gasteiger partial charge in [0, 0.05) is 11.0 Å². The van der Waals surface area contributed by atoms with Gasteiger partial charge in [0.15, 0.2) is 0 Å². The summed E-state index contributed by atoms with van der Waals surface area (Å²) in [5, 5.41) is 0.823. The summed E-state index contributed by atoms with van der Waals surface area (Å²) in [7, 11) is 0. The van der Waals surface area contributed by atoms with Crippen molar-refractivity contribution >= 4 is 27.7 Å². The average molecular weight is 313 g/mol. The van der Waals surface area contributed by atoms with E-state index in [1.807, 2.05) is 19.1 Å². The molecule has 0 amide bonds. The molecule has 0 aliphatic carbocycles. The Labute approximate surface area is 113 Å². The van der Waals surface area contributed by atoms with E-state index in [0.717, 1.165) is 10.2 Å². The first kappa shape index (κ1) is 12.7. The van der Waals surface area contributed by atoms with Crippen LogP contribution in [0.3, 0.4) is 0 Å². The quantitative estimate of drug-likeness (QED) is 0.877. The number of halogens is 1. The summed E-state index contributed by atoms with van der Waals surface area (Å²) in [4.78, 5) is 4.28. The van der Waals surface area contributed by atoms with Crippen molar-refractivity contribution in [3.63, 3.8) is 0 Å². The van der Waals surface area contributed by atoms with Crippen LogP contribution < -0.4 is 5.73 Å². The van der Waals surface area contributed by atoms with E-state index < -0.39 is 0 Å².